The number of nitrogens with one attached hydrogen (secondary N) is 2. The molecular weight excluding hydrogens is 334 g/mol. The van der Waals surface area contributed by atoms with Crippen molar-refractivity contribution >= 4 is 28.7 Å². The van der Waals surface area contributed by atoms with Gasteiger partial charge in [-0.2, -0.15) is 5.10 Å². The van der Waals surface area contributed by atoms with E-state index in [1.54, 1.807) is 14.2 Å². The monoisotopic (exact) mass is 357 g/mol. The second-order valence-corrected chi connectivity index (χ2v) is 5.99. The zero-order valence-corrected chi connectivity index (χ0v) is 16.0. The van der Waals surface area contributed by atoms with Crippen molar-refractivity contribution in [2.45, 2.75) is 20.8 Å². The number of benzene rings is 2. The molecular formula is C19H23N3O2S. The van der Waals surface area contributed by atoms with E-state index >= 15 is 0 Å². The summed E-state index contributed by atoms with van der Waals surface area (Å²) in [6.07, 6.45) is 0. The number of anilines is 1. The molecule has 0 heterocycles. The minimum atomic E-state index is 0.431. The summed E-state index contributed by atoms with van der Waals surface area (Å²) in [5.74, 6) is 1.42. The summed E-state index contributed by atoms with van der Waals surface area (Å²) in [4.78, 5) is 0. The van der Waals surface area contributed by atoms with Gasteiger partial charge in [0, 0.05) is 17.3 Å². The van der Waals surface area contributed by atoms with Gasteiger partial charge in [0.05, 0.1) is 19.9 Å². The first-order valence-electron chi connectivity index (χ1n) is 7.86. The van der Waals surface area contributed by atoms with Crippen LogP contribution in [0.3, 0.4) is 0 Å². The Morgan fingerprint density at radius 2 is 1.84 bits per heavy atom. The van der Waals surface area contributed by atoms with Crippen LogP contribution in [0.1, 0.15) is 23.6 Å². The third kappa shape index (κ3) is 4.70. The Hall–Kier alpha value is -2.60. The first-order valence-corrected chi connectivity index (χ1v) is 8.27. The number of methoxy groups -OCH3 is 2. The quantitative estimate of drug-likeness (QED) is 0.481. The predicted molar refractivity (Wildman–Crippen MR) is 107 cm³/mol. The summed E-state index contributed by atoms with van der Waals surface area (Å²) in [5, 5.41) is 7.95. The topological polar surface area (TPSA) is 54.9 Å². The molecule has 2 N–H and O–H groups in total. The molecule has 0 saturated carbocycles. The van der Waals surface area contributed by atoms with Gasteiger partial charge in [-0.1, -0.05) is 12.1 Å². The molecule has 25 heavy (non-hydrogen) atoms. The van der Waals surface area contributed by atoms with Gasteiger partial charge in [0.25, 0.3) is 0 Å². The van der Waals surface area contributed by atoms with Gasteiger partial charge >= 0.3 is 0 Å². The second kappa shape index (κ2) is 8.48. The van der Waals surface area contributed by atoms with Crippen molar-refractivity contribution in [1.29, 1.82) is 0 Å². The van der Waals surface area contributed by atoms with Crippen LogP contribution in [0.15, 0.2) is 41.5 Å². The number of rotatable bonds is 5. The first kappa shape index (κ1) is 18.7. The number of thiocarbonyl (C=S) groups is 1. The van der Waals surface area contributed by atoms with Crippen LogP contribution in [-0.2, 0) is 0 Å². The second-order valence-electron chi connectivity index (χ2n) is 5.58. The summed E-state index contributed by atoms with van der Waals surface area (Å²) in [6.45, 7) is 6.00. The minimum Gasteiger partial charge on any atom is -0.497 e. The van der Waals surface area contributed by atoms with E-state index in [1.165, 1.54) is 5.56 Å². The number of nitrogens with zero attached hydrogens (tertiary/aromatic N) is 1. The lowest BCUT2D eigenvalue weighted by Gasteiger charge is -2.13. The first-order chi connectivity index (χ1) is 12.0. The molecule has 132 valence electrons. The fourth-order valence-electron chi connectivity index (χ4n) is 2.33. The van der Waals surface area contributed by atoms with Crippen molar-refractivity contribution in [2.24, 2.45) is 5.10 Å². The van der Waals surface area contributed by atoms with E-state index < -0.39 is 0 Å². The Morgan fingerprint density at radius 3 is 2.52 bits per heavy atom. The van der Waals surface area contributed by atoms with Crippen molar-refractivity contribution < 1.29 is 9.47 Å². The highest BCUT2D eigenvalue weighted by molar-refractivity contribution is 7.80. The van der Waals surface area contributed by atoms with Crippen molar-refractivity contribution in [3.05, 3.63) is 53.1 Å². The van der Waals surface area contributed by atoms with Gasteiger partial charge < -0.3 is 14.8 Å². The summed E-state index contributed by atoms with van der Waals surface area (Å²) in [7, 11) is 3.24. The average Bonchev–Trinajstić information content (AvgIpc) is 2.62. The van der Waals surface area contributed by atoms with Gasteiger partial charge in [-0.05, 0) is 62.3 Å². The van der Waals surface area contributed by atoms with E-state index in [9.17, 15) is 0 Å². The predicted octanol–water partition coefficient (Wildman–Crippen LogP) is 4.03. The maximum Gasteiger partial charge on any atom is 0.191 e. The maximum atomic E-state index is 5.40. The number of hydrazone groups is 1. The molecule has 2 aromatic carbocycles. The van der Waals surface area contributed by atoms with Crippen molar-refractivity contribution in [1.82, 2.24) is 5.43 Å². The third-order valence-corrected chi connectivity index (χ3v) is 4.17. The van der Waals surface area contributed by atoms with Crippen molar-refractivity contribution in [3.8, 4) is 11.5 Å². The fourth-order valence-corrected chi connectivity index (χ4v) is 2.48. The Bertz CT molecular complexity index is 803. The zero-order valence-electron chi connectivity index (χ0n) is 15.1. The maximum absolute atomic E-state index is 5.40. The van der Waals surface area contributed by atoms with Gasteiger partial charge in [0.15, 0.2) is 5.11 Å². The van der Waals surface area contributed by atoms with Crippen LogP contribution in [0, 0.1) is 13.8 Å². The van der Waals surface area contributed by atoms with E-state index in [1.807, 2.05) is 37.3 Å². The molecule has 0 atom stereocenters. The van der Waals surface area contributed by atoms with Gasteiger partial charge in [-0.25, -0.2) is 0 Å². The van der Waals surface area contributed by atoms with Crippen LogP contribution in [0.5, 0.6) is 11.5 Å². The SMILES string of the molecule is COc1ccc(/C(C)=N\NC(=S)Nc2cccc(C)c2C)c(OC)c1. The highest BCUT2D eigenvalue weighted by atomic mass is 32.1. The van der Waals surface area contributed by atoms with E-state index in [4.69, 9.17) is 21.7 Å². The standard InChI is InChI=1S/C19H23N3O2S/c1-12-7-6-8-17(13(12)2)20-19(25)22-21-14(3)16-10-9-15(23-4)11-18(16)24-5/h6-11H,1-5H3,(H2,20,22,25)/b21-14-. The molecule has 6 heteroatoms. The average molecular weight is 357 g/mol. The van der Waals surface area contributed by atoms with E-state index in [0.29, 0.717) is 10.9 Å². The molecule has 0 radical (unpaired) electrons. The molecule has 0 unspecified atom stereocenters. The van der Waals surface area contributed by atoms with Crippen LogP contribution in [-0.4, -0.2) is 25.0 Å². The molecule has 2 rings (SSSR count). The van der Waals surface area contributed by atoms with Crippen molar-refractivity contribution in [3.63, 3.8) is 0 Å². The highest BCUT2D eigenvalue weighted by Crippen LogP contribution is 2.25. The molecule has 0 fully saturated rings. The van der Waals surface area contributed by atoms with E-state index in [-0.39, 0.29) is 0 Å². The van der Waals surface area contributed by atoms with E-state index in [2.05, 4.69) is 35.8 Å². The summed E-state index contributed by atoms with van der Waals surface area (Å²) in [5.41, 5.74) is 7.82. The Labute approximate surface area is 154 Å². The molecule has 5 nitrogen and oxygen atoms in total. The lowest BCUT2D eigenvalue weighted by atomic mass is 10.1. The minimum absolute atomic E-state index is 0.431. The molecule has 0 bridgehead atoms. The molecule has 0 aliphatic rings. The molecule has 0 amide bonds. The van der Waals surface area contributed by atoms with Crippen LogP contribution in [0.4, 0.5) is 5.69 Å². The van der Waals surface area contributed by atoms with Gasteiger partial charge in [-0.15, -0.1) is 0 Å². The normalized spacial score (nSPS) is 11.0. The number of hydrogen-bond donors (Lipinski definition) is 2. The van der Waals surface area contributed by atoms with Gasteiger partial charge in [0.2, 0.25) is 0 Å². The summed E-state index contributed by atoms with van der Waals surface area (Å²) >= 11 is 5.33. The van der Waals surface area contributed by atoms with Crippen LogP contribution < -0.4 is 20.2 Å². The van der Waals surface area contributed by atoms with Crippen LogP contribution in [0.2, 0.25) is 0 Å². The molecule has 2 aromatic rings. The smallest absolute Gasteiger partial charge is 0.191 e. The van der Waals surface area contributed by atoms with Gasteiger partial charge in [-0.3, -0.25) is 5.43 Å². The Kier molecular flexibility index (Phi) is 6.36. The third-order valence-electron chi connectivity index (χ3n) is 3.98. The number of aryl methyl sites for hydroxylation is 1. The van der Waals surface area contributed by atoms with Crippen molar-refractivity contribution in [2.75, 3.05) is 19.5 Å². The molecule has 0 saturated heterocycles. The highest BCUT2D eigenvalue weighted by Gasteiger charge is 2.08. The molecule has 0 spiro atoms. The van der Waals surface area contributed by atoms with Crippen LogP contribution >= 0.6 is 12.2 Å². The summed E-state index contributed by atoms with van der Waals surface area (Å²) < 4.78 is 10.6. The number of ether oxygens (including phenoxy) is 2. The molecule has 0 aliphatic heterocycles. The summed E-state index contributed by atoms with van der Waals surface area (Å²) in [6, 6.07) is 11.6. The Balaban J connectivity index is 2.10. The number of hydrogen-bond acceptors (Lipinski definition) is 4. The van der Waals surface area contributed by atoms with Gasteiger partial charge in [0.1, 0.15) is 11.5 Å². The van der Waals surface area contributed by atoms with Crippen LogP contribution in [0.25, 0.3) is 0 Å². The lowest BCUT2D eigenvalue weighted by Crippen LogP contribution is -2.25. The fraction of sp³-hybridized carbons (Fsp3) is 0.263. The Morgan fingerprint density at radius 1 is 1.08 bits per heavy atom. The molecule has 0 aromatic heterocycles. The lowest BCUT2D eigenvalue weighted by molar-refractivity contribution is 0.394. The molecule has 0 aliphatic carbocycles. The largest absolute Gasteiger partial charge is 0.497 e. The van der Waals surface area contributed by atoms with E-state index in [0.717, 1.165) is 28.3 Å². The zero-order chi connectivity index (χ0) is 18.4.